The van der Waals surface area contributed by atoms with Gasteiger partial charge in [-0.15, -0.1) is 0 Å². The Labute approximate surface area is 122 Å². The number of carbonyl (C=O) groups excluding carboxylic acids is 1. The monoisotopic (exact) mass is 316 g/mol. The first-order valence-electron chi connectivity index (χ1n) is 6.41. The zero-order chi connectivity index (χ0) is 15.8. The molecule has 1 unspecified atom stereocenters. The Hall–Kier alpha value is -1.67. The van der Waals surface area contributed by atoms with E-state index in [-0.39, 0.29) is 29.2 Å². The number of anilines is 1. The topological polar surface area (TPSA) is 89.7 Å². The molecule has 116 valence electrons. The molecular weight excluding hydrogens is 299 g/mol. The highest BCUT2D eigenvalue weighted by atomic mass is 32.2. The lowest BCUT2D eigenvalue weighted by molar-refractivity contribution is -0.144. The Balaban J connectivity index is 2.30. The smallest absolute Gasteiger partial charge is 0.310 e. The minimum absolute atomic E-state index is 0.0608. The molecule has 0 aliphatic carbocycles. The maximum Gasteiger partial charge on any atom is 0.310 e. The first-order chi connectivity index (χ1) is 9.77. The van der Waals surface area contributed by atoms with E-state index in [2.05, 4.69) is 4.74 Å². The molecule has 6 nitrogen and oxygen atoms in total. The van der Waals surface area contributed by atoms with Crippen molar-refractivity contribution in [2.45, 2.75) is 18.2 Å². The van der Waals surface area contributed by atoms with Gasteiger partial charge < -0.3 is 10.5 Å². The van der Waals surface area contributed by atoms with Crippen LogP contribution in [0.25, 0.3) is 0 Å². The molecule has 1 atom stereocenters. The van der Waals surface area contributed by atoms with Crippen LogP contribution in [-0.4, -0.2) is 38.9 Å². The summed E-state index contributed by atoms with van der Waals surface area (Å²) in [5.41, 5.74) is 5.44. The number of halogens is 1. The van der Waals surface area contributed by atoms with Crippen molar-refractivity contribution in [1.82, 2.24) is 4.31 Å². The van der Waals surface area contributed by atoms with E-state index in [1.807, 2.05) is 0 Å². The number of carbonyl (C=O) groups is 1. The van der Waals surface area contributed by atoms with Crippen molar-refractivity contribution in [1.29, 1.82) is 0 Å². The van der Waals surface area contributed by atoms with E-state index in [1.165, 1.54) is 24.4 Å². The van der Waals surface area contributed by atoms with Crippen molar-refractivity contribution >= 4 is 21.7 Å². The van der Waals surface area contributed by atoms with E-state index in [4.69, 9.17) is 5.73 Å². The summed E-state index contributed by atoms with van der Waals surface area (Å²) < 4.78 is 44.3. The molecule has 0 saturated carbocycles. The van der Waals surface area contributed by atoms with Crippen molar-refractivity contribution in [3.63, 3.8) is 0 Å². The summed E-state index contributed by atoms with van der Waals surface area (Å²) >= 11 is 0. The number of sulfonamides is 1. The summed E-state index contributed by atoms with van der Waals surface area (Å²) in [4.78, 5) is 11.4. The predicted molar refractivity (Wildman–Crippen MR) is 74.4 cm³/mol. The maximum absolute atomic E-state index is 13.5. The summed E-state index contributed by atoms with van der Waals surface area (Å²) in [6.45, 7) is 1.73. The summed E-state index contributed by atoms with van der Waals surface area (Å²) in [5, 5.41) is 0. The molecule has 1 aliphatic rings. The molecule has 1 heterocycles. The number of nitrogens with zero attached hydrogens (tertiary/aromatic N) is 1. The number of methoxy groups -OCH3 is 1. The highest BCUT2D eigenvalue weighted by Gasteiger charge is 2.36. The van der Waals surface area contributed by atoms with Crippen LogP contribution in [0.2, 0.25) is 0 Å². The summed E-state index contributed by atoms with van der Waals surface area (Å²) in [7, 11) is -2.53. The minimum Gasteiger partial charge on any atom is -0.469 e. The molecule has 0 radical (unpaired) electrons. The number of hydrogen-bond acceptors (Lipinski definition) is 5. The number of esters is 1. The van der Waals surface area contributed by atoms with Crippen LogP contribution >= 0.6 is 0 Å². The van der Waals surface area contributed by atoms with Gasteiger partial charge in [-0.2, -0.15) is 4.31 Å². The molecule has 1 aromatic carbocycles. The van der Waals surface area contributed by atoms with Crippen molar-refractivity contribution in [3.8, 4) is 0 Å². The van der Waals surface area contributed by atoms with E-state index < -0.39 is 27.7 Å². The van der Waals surface area contributed by atoms with Gasteiger partial charge in [0.2, 0.25) is 10.0 Å². The van der Waals surface area contributed by atoms with E-state index in [0.717, 1.165) is 6.07 Å². The number of rotatable bonds is 3. The predicted octanol–water partition coefficient (Wildman–Crippen LogP) is 0.900. The van der Waals surface area contributed by atoms with Gasteiger partial charge in [-0.3, -0.25) is 4.79 Å². The molecule has 1 aromatic rings. The second kappa shape index (κ2) is 5.61. The molecule has 1 aliphatic heterocycles. The zero-order valence-corrected chi connectivity index (χ0v) is 12.6. The van der Waals surface area contributed by atoms with Crippen LogP contribution in [0.15, 0.2) is 17.0 Å². The number of nitrogen functional groups attached to an aromatic ring is 1. The highest BCUT2D eigenvalue weighted by Crippen LogP contribution is 2.28. The van der Waals surface area contributed by atoms with Crippen LogP contribution in [0.3, 0.4) is 0 Å². The maximum atomic E-state index is 13.5. The van der Waals surface area contributed by atoms with Gasteiger partial charge in [-0.25, -0.2) is 12.8 Å². The lowest BCUT2D eigenvalue weighted by Gasteiger charge is -2.17. The van der Waals surface area contributed by atoms with Crippen molar-refractivity contribution in [2.75, 3.05) is 25.9 Å². The van der Waals surface area contributed by atoms with Crippen molar-refractivity contribution < 1.29 is 22.3 Å². The third-order valence-electron chi connectivity index (χ3n) is 3.58. The molecule has 1 saturated heterocycles. The first-order valence-corrected chi connectivity index (χ1v) is 7.85. The van der Waals surface area contributed by atoms with Crippen LogP contribution in [0, 0.1) is 18.7 Å². The molecular formula is C13H17FN2O4S. The van der Waals surface area contributed by atoms with Gasteiger partial charge in [0.05, 0.1) is 23.6 Å². The minimum atomic E-state index is -3.80. The fourth-order valence-electron chi connectivity index (χ4n) is 2.37. The Kier molecular flexibility index (Phi) is 4.20. The van der Waals surface area contributed by atoms with E-state index in [1.54, 1.807) is 0 Å². The van der Waals surface area contributed by atoms with Gasteiger partial charge in [-0.05, 0) is 31.0 Å². The van der Waals surface area contributed by atoms with E-state index in [9.17, 15) is 17.6 Å². The van der Waals surface area contributed by atoms with Gasteiger partial charge in [0.1, 0.15) is 5.82 Å². The van der Waals surface area contributed by atoms with Gasteiger partial charge >= 0.3 is 5.97 Å². The molecule has 2 N–H and O–H groups in total. The van der Waals surface area contributed by atoms with Crippen LogP contribution in [0.4, 0.5) is 10.1 Å². The molecule has 0 spiro atoms. The zero-order valence-electron chi connectivity index (χ0n) is 11.8. The molecule has 8 heteroatoms. The number of aryl methyl sites for hydroxylation is 1. The number of ether oxygens (including phenoxy) is 1. The number of hydrogen-bond donors (Lipinski definition) is 1. The van der Waals surface area contributed by atoms with E-state index >= 15 is 0 Å². The highest BCUT2D eigenvalue weighted by molar-refractivity contribution is 7.89. The Morgan fingerprint density at radius 3 is 2.71 bits per heavy atom. The van der Waals surface area contributed by atoms with Crippen LogP contribution in [0.5, 0.6) is 0 Å². The lowest BCUT2D eigenvalue weighted by Crippen LogP contribution is -2.30. The van der Waals surface area contributed by atoms with Crippen molar-refractivity contribution in [3.05, 3.63) is 23.5 Å². The Morgan fingerprint density at radius 1 is 1.48 bits per heavy atom. The SMILES string of the molecule is COC(=O)C1CCN(S(=O)(=O)c2cc(C)c(F)c(N)c2)C1. The average Bonchev–Trinajstić information content (AvgIpc) is 2.93. The second-order valence-corrected chi connectivity index (χ2v) is 6.95. The third-order valence-corrected chi connectivity index (χ3v) is 5.42. The lowest BCUT2D eigenvalue weighted by atomic mass is 10.1. The van der Waals surface area contributed by atoms with Crippen LogP contribution in [-0.2, 0) is 19.6 Å². The van der Waals surface area contributed by atoms with Gasteiger partial charge in [0.25, 0.3) is 0 Å². The fourth-order valence-corrected chi connectivity index (χ4v) is 3.99. The molecule has 0 aromatic heterocycles. The fraction of sp³-hybridized carbons (Fsp3) is 0.462. The number of nitrogens with two attached hydrogens (primary N) is 1. The molecule has 0 amide bonds. The average molecular weight is 316 g/mol. The van der Waals surface area contributed by atoms with Crippen LogP contribution in [0.1, 0.15) is 12.0 Å². The molecule has 0 bridgehead atoms. The van der Waals surface area contributed by atoms with Gasteiger partial charge in [-0.1, -0.05) is 0 Å². The third kappa shape index (κ3) is 2.86. The molecule has 21 heavy (non-hydrogen) atoms. The number of benzene rings is 1. The van der Waals surface area contributed by atoms with Gasteiger partial charge in [0, 0.05) is 13.1 Å². The van der Waals surface area contributed by atoms with Crippen LogP contribution < -0.4 is 5.73 Å². The second-order valence-electron chi connectivity index (χ2n) is 5.02. The summed E-state index contributed by atoms with van der Waals surface area (Å²) in [6.07, 6.45) is 0.404. The Morgan fingerprint density at radius 2 is 2.14 bits per heavy atom. The molecule has 2 rings (SSSR count). The summed E-state index contributed by atoms with van der Waals surface area (Å²) in [5.74, 6) is -1.52. The standard InChI is InChI=1S/C13H17FN2O4S/c1-8-5-10(6-11(15)12(8)14)21(18,19)16-4-3-9(7-16)13(17)20-2/h5-6,9H,3-4,7,15H2,1-2H3. The quantitative estimate of drug-likeness (QED) is 0.661. The summed E-state index contributed by atoms with van der Waals surface area (Å²) in [6, 6.07) is 2.34. The van der Waals surface area contributed by atoms with Crippen molar-refractivity contribution in [2.24, 2.45) is 5.92 Å². The Bertz CT molecular complexity index is 652. The van der Waals surface area contributed by atoms with Gasteiger partial charge in [0.15, 0.2) is 0 Å². The normalized spacial score (nSPS) is 19.7. The molecule has 1 fully saturated rings. The largest absolute Gasteiger partial charge is 0.469 e. The van der Waals surface area contributed by atoms with E-state index in [0.29, 0.717) is 6.42 Å². The first kappa shape index (κ1) is 15.7.